The largest absolute Gasteiger partial charge is 0.384 e. The molecular formula is C28H37FO. The van der Waals surface area contributed by atoms with E-state index in [1.54, 1.807) is 12.1 Å². The SMILES string of the molecule is Cc1ccc(F)cc1C(O)(C12CC3CC(CC(C3)C1)C2)C12CC3CC(CC(C3)C1)C2. The second kappa shape index (κ2) is 5.91. The van der Waals surface area contributed by atoms with Gasteiger partial charge in [0.05, 0.1) is 0 Å². The van der Waals surface area contributed by atoms with Crippen molar-refractivity contribution in [2.45, 2.75) is 89.6 Å². The molecule has 8 fully saturated rings. The molecule has 1 nitrogen and oxygen atoms in total. The van der Waals surface area contributed by atoms with Gasteiger partial charge in [0.15, 0.2) is 0 Å². The average molecular weight is 409 g/mol. The highest BCUT2D eigenvalue weighted by Gasteiger charge is 2.70. The van der Waals surface area contributed by atoms with E-state index in [9.17, 15) is 9.50 Å². The molecule has 9 rings (SSSR count). The summed E-state index contributed by atoms with van der Waals surface area (Å²) in [4.78, 5) is 0. The van der Waals surface area contributed by atoms with Crippen molar-refractivity contribution in [2.75, 3.05) is 0 Å². The van der Waals surface area contributed by atoms with Crippen LogP contribution in [0.4, 0.5) is 4.39 Å². The Morgan fingerprint density at radius 1 is 0.733 bits per heavy atom. The number of benzene rings is 1. The van der Waals surface area contributed by atoms with Crippen molar-refractivity contribution in [3.63, 3.8) is 0 Å². The normalized spacial score (nSPS) is 50.1. The lowest BCUT2D eigenvalue weighted by molar-refractivity contribution is -0.278. The van der Waals surface area contributed by atoms with E-state index in [1.807, 2.05) is 6.07 Å². The fourth-order valence-corrected chi connectivity index (χ4v) is 11.2. The van der Waals surface area contributed by atoms with E-state index in [2.05, 4.69) is 6.92 Å². The molecule has 2 heteroatoms. The van der Waals surface area contributed by atoms with E-state index in [0.29, 0.717) is 0 Å². The number of hydrogen-bond acceptors (Lipinski definition) is 1. The molecule has 1 N–H and O–H groups in total. The van der Waals surface area contributed by atoms with Crippen molar-refractivity contribution < 1.29 is 9.50 Å². The van der Waals surface area contributed by atoms with Crippen LogP contribution in [0.25, 0.3) is 0 Å². The van der Waals surface area contributed by atoms with E-state index in [1.165, 1.54) is 77.0 Å². The predicted molar refractivity (Wildman–Crippen MR) is 116 cm³/mol. The average Bonchev–Trinajstić information content (AvgIpc) is 2.67. The maximum Gasteiger partial charge on any atom is 0.123 e. The first-order chi connectivity index (χ1) is 14.4. The van der Waals surface area contributed by atoms with Crippen LogP contribution in [0.2, 0.25) is 0 Å². The monoisotopic (exact) mass is 408 g/mol. The molecule has 0 aliphatic heterocycles. The Labute approximate surface area is 180 Å². The molecule has 0 atom stereocenters. The van der Waals surface area contributed by atoms with Gasteiger partial charge < -0.3 is 5.11 Å². The lowest BCUT2D eigenvalue weighted by atomic mass is 9.35. The van der Waals surface area contributed by atoms with Crippen molar-refractivity contribution in [1.82, 2.24) is 0 Å². The third-order valence-corrected chi connectivity index (χ3v) is 11.2. The van der Waals surface area contributed by atoms with Gasteiger partial charge in [0.25, 0.3) is 0 Å². The second-order valence-electron chi connectivity index (χ2n) is 13.1. The van der Waals surface area contributed by atoms with Gasteiger partial charge in [0, 0.05) is 10.8 Å². The van der Waals surface area contributed by atoms with Gasteiger partial charge in [-0.05, 0) is 143 Å². The summed E-state index contributed by atoms with van der Waals surface area (Å²) in [5.74, 6) is 4.62. The maximum absolute atomic E-state index is 14.7. The summed E-state index contributed by atoms with van der Waals surface area (Å²) in [5, 5.41) is 13.4. The van der Waals surface area contributed by atoms with Crippen LogP contribution in [0.5, 0.6) is 0 Å². The lowest BCUT2D eigenvalue weighted by Gasteiger charge is -2.71. The molecule has 1 aromatic carbocycles. The van der Waals surface area contributed by atoms with E-state index in [-0.39, 0.29) is 16.6 Å². The maximum atomic E-state index is 14.7. The van der Waals surface area contributed by atoms with E-state index >= 15 is 0 Å². The Kier molecular flexibility index (Phi) is 3.68. The molecule has 1 aromatic rings. The summed E-state index contributed by atoms with van der Waals surface area (Å²) < 4.78 is 14.7. The zero-order chi connectivity index (χ0) is 20.3. The first-order valence-electron chi connectivity index (χ1n) is 12.9. The van der Waals surface area contributed by atoms with Crippen LogP contribution in [-0.2, 0) is 5.60 Å². The highest BCUT2D eigenvalue weighted by atomic mass is 19.1. The molecule has 8 saturated carbocycles. The minimum absolute atomic E-state index is 0.0219. The number of hydrogen-bond donors (Lipinski definition) is 1. The fraction of sp³-hybridized carbons (Fsp3) is 0.786. The van der Waals surface area contributed by atoms with Gasteiger partial charge in [-0.2, -0.15) is 0 Å². The molecule has 162 valence electrons. The van der Waals surface area contributed by atoms with Gasteiger partial charge in [-0.25, -0.2) is 4.39 Å². The predicted octanol–water partition coefficient (Wildman–Crippen LogP) is 6.75. The van der Waals surface area contributed by atoms with Crippen LogP contribution < -0.4 is 0 Å². The zero-order valence-electron chi connectivity index (χ0n) is 18.5. The first kappa shape index (κ1) is 18.7. The number of halogens is 1. The smallest absolute Gasteiger partial charge is 0.123 e. The summed E-state index contributed by atoms with van der Waals surface area (Å²) in [5.41, 5.74) is 1.20. The molecule has 8 aliphatic rings. The van der Waals surface area contributed by atoms with E-state index < -0.39 is 5.60 Å². The summed E-state index contributed by atoms with van der Waals surface area (Å²) in [6, 6.07) is 5.29. The standard InChI is InChI=1S/C28H37FO/c1-17-2-3-24(29)10-25(17)28(30,26-11-18-4-19(12-26)6-20(5-18)13-26)27-14-21-7-22(15-27)9-23(8-21)16-27/h2-3,10,18-23,30H,4-9,11-16H2,1H3. The molecule has 0 aromatic heterocycles. The van der Waals surface area contributed by atoms with Crippen LogP contribution >= 0.6 is 0 Å². The van der Waals surface area contributed by atoms with Crippen LogP contribution in [-0.4, -0.2) is 5.11 Å². The number of rotatable bonds is 3. The topological polar surface area (TPSA) is 20.2 Å². The van der Waals surface area contributed by atoms with Crippen molar-refractivity contribution in [3.05, 3.63) is 35.1 Å². The van der Waals surface area contributed by atoms with Crippen LogP contribution in [0.3, 0.4) is 0 Å². The van der Waals surface area contributed by atoms with Crippen molar-refractivity contribution in [1.29, 1.82) is 0 Å². The molecule has 0 radical (unpaired) electrons. The minimum Gasteiger partial charge on any atom is -0.384 e. The van der Waals surface area contributed by atoms with E-state index in [4.69, 9.17) is 0 Å². The van der Waals surface area contributed by atoms with Crippen LogP contribution in [0.15, 0.2) is 18.2 Å². The van der Waals surface area contributed by atoms with Crippen molar-refractivity contribution >= 4 is 0 Å². The Hall–Kier alpha value is -0.890. The van der Waals surface area contributed by atoms with Crippen molar-refractivity contribution in [3.8, 4) is 0 Å². The quantitative estimate of drug-likeness (QED) is 0.586. The van der Waals surface area contributed by atoms with Gasteiger partial charge in [0.1, 0.15) is 11.4 Å². The second-order valence-corrected chi connectivity index (χ2v) is 13.1. The van der Waals surface area contributed by atoms with Gasteiger partial charge in [-0.1, -0.05) is 6.07 Å². The molecule has 0 saturated heterocycles. The molecule has 8 aliphatic carbocycles. The molecule has 0 heterocycles. The van der Waals surface area contributed by atoms with Crippen molar-refractivity contribution in [2.24, 2.45) is 46.3 Å². The Balaban J connectivity index is 1.45. The lowest BCUT2D eigenvalue weighted by Crippen LogP contribution is -2.67. The van der Waals surface area contributed by atoms with Crippen LogP contribution in [0.1, 0.15) is 88.2 Å². The zero-order valence-corrected chi connectivity index (χ0v) is 18.5. The minimum atomic E-state index is -0.849. The van der Waals surface area contributed by atoms with Gasteiger partial charge >= 0.3 is 0 Å². The molecule has 8 bridgehead atoms. The number of aryl methyl sites for hydroxylation is 1. The van der Waals surface area contributed by atoms with Crippen LogP contribution in [0, 0.1) is 59.1 Å². The van der Waals surface area contributed by atoms with Gasteiger partial charge in [-0.15, -0.1) is 0 Å². The van der Waals surface area contributed by atoms with Gasteiger partial charge in [-0.3, -0.25) is 0 Å². The summed E-state index contributed by atoms with van der Waals surface area (Å²) in [6.45, 7) is 2.13. The van der Waals surface area contributed by atoms with Gasteiger partial charge in [0.2, 0.25) is 0 Å². The molecule has 0 spiro atoms. The van der Waals surface area contributed by atoms with E-state index in [0.717, 1.165) is 46.6 Å². The Morgan fingerprint density at radius 3 is 1.47 bits per heavy atom. The third kappa shape index (κ3) is 2.28. The third-order valence-electron chi connectivity index (χ3n) is 11.2. The Bertz CT molecular complexity index is 770. The molecule has 0 unspecified atom stereocenters. The highest BCUT2D eigenvalue weighted by molar-refractivity contribution is 5.39. The Morgan fingerprint density at radius 2 is 1.10 bits per heavy atom. The highest BCUT2D eigenvalue weighted by Crippen LogP contribution is 2.75. The molecular weight excluding hydrogens is 371 g/mol. The summed E-state index contributed by atoms with van der Waals surface area (Å²) >= 11 is 0. The number of aliphatic hydroxyl groups is 1. The fourth-order valence-electron chi connectivity index (χ4n) is 11.2. The molecule has 30 heavy (non-hydrogen) atoms. The summed E-state index contributed by atoms with van der Waals surface area (Å²) in [7, 11) is 0. The summed E-state index contributed by atoms with van der Waals surface area (Å²) in [6.07, 6.45) is 15.4. The first-order valence-corrected chi connectivity index (χ1v) is 12.9. The molecule has 0 amide bonds.